The van der Waals surface area contributed by atoms with Crippen LogP contribution in [-0.4, -0.2) is 51.2 Å². The fourth-order valence-electron chi connectivity index (χ4n) is 5.94. The standard InChI is InChI=1S/C34H41NO8/c1-22(36)41-28-19-27(11-9-23-10-12-29(37)32(16-23)42-26-7-3-2-4-8-26)43-31(20-28)25-17-30(38)34(39)33(18-25)40-15-13-24-6-5-14-35-21-24/h5-6,10,12,14,16-18,21,26-28,31,37-39H,2-4,7-9,11,13,15,19-20H2,1H3/t27-,28+,31-/m0/s1. The maximum absolute atomic E-state index is 11.9. The summed E-state index contributed by atoms with van der Waals surface area (Å²) in [4.78, 5) is 16.0. The van der Waals surface area contributed by atoms with Crippen molar-refractivity contribution in [3.05, 3.63) is 71.5 Å². The first-order valence-corrected chi connectivity index (χ1v) is 15.2. The van der Waals surface area contributed by atoms with E-state index in [1.807, 2.05) is 24.3 Å². The molecule has 0 radical (unpaired) electrons. The first-order chi connectivity index (χ1) is 20.8. The molecule has 9 nitrogen and oxygen atoms in total. The molecule has 3 N–H and O–H groups in total. The minimum Gasteiger partial charge on any atom is -0.504 e. The Kier molecular flexibility index (Phi) is 10.3. The van der Waals surface area contributed by atoms with E-state index in [1.54, 1.807) is 24.5 Å². The Hall–Kier alpha value is -3.98. The van der Waals surface area contributed by atoms with Gasteiger partial charge >= 0.3 is 5.97 Å². The monoisotopic (exact) mass is 591 g/mol. The number of hydrogen-bond acceptors (Lipinski definition) is 9. The van der Waals surface area contributed by atoms with E-state index in [0.717, 1.165) is 36.8 Å². The van der Waals surface area contributed by atoms with Crippen LogP contribution < -0.4 is 9.47 Å². The molecule has 2 aliphatic rings. The van der Waals surface area contributed by atoms with Gasteiger partial charge in [-0.3, -0.25) is 9.78 Å². The third kappa shape index (κ3) is 8.54. The summed E-state index contributed by atoms with van der Waals surface area (Å²) < 4.78 is 24.1. The van der Waals surface area contributed by atoms with Gasteiger partial charge in [0, 0.05) is 38.6 Å². The SMILES string of the molecule is CC(=O)O[C@@H]1C[C@H](CCc2ccc(O)c(OC3CCCCC3)c2)O[C@H](c2cc(O)c(O)c(OCCc3cccnc3)c2)C1. The van der Waals surface area contributed by atoms with Crippen LogP contribution in [0.5, 0.6) is 28.7 Å². The van der Waals surface area contributed by atoms with Crippen LogP contribution in [0.2, 0.25) is 0 Å². The van der Waals surface area contributed by atoms with Gasteiger partial charge in [0.2, 0.25) is 5.75 Å². The molecule has 1 aromatic heterocycles. The van der Waals surface area contributed by atoms with Crippen LogP contribution in [0.15, 0.2) is 54.9 Å². The van der Waals surface area contributed by atoms with Gasteiger partial charge < -0.3 is 34.3 Å². The molecule has 1 aliphatic carbocycles. The summed E-state index contributed by atoms with van der Waals surface area (Å²) >= 11 is 0. The summed E-state index contributed by atoms with van der Waals surface area (Å²) in [6.45, 7) is 1.68. The highest BCUT2D eigenvalue weighted by atomic mass is 16.6. The maximum Gasteiger partial charge on any atom is 0.302 e. The Morgan fingerprint density at radius 2 is 1.77 bits per heavy atom. The predicted molar refractivity (Wildman–Crippen MR) is 160 cm³/mol. The summed E-state index contributed by atoms with van der Waals surface area (Å²) in [5, 5.41) is 31.4. The predicted octanol–water partition coefficient (Wildman–Crippen LogP) is 6.32. The lowest BCUT2D eigenvalue weighted by Gasteiger charge is -2.35. The van der Waals surface area contributed by atoms with Gasteiger partial charge in [0.15, 0.2) is 23.0 Å². The number of carbonyl (C=O) groups is 1. The van der Waals surface area contributed by atoms with E-state index in [9.17, 15) is 20.1 Å². The summed E-state index contributed by atoms with van der Waals surface area (Å²) in [6, 6.07) is 12.4. The Labute approximate surface area is 252 Å². The third-order valence-electron chi connectivity index (χ3n) is 8.14. The van der Waals surface area contributed by atoms with E-state index in [-0.39, 0.29) is 53.9 Å². The van der Waals surface area contributed by atoms with Crippen LogP contribution in [-0.2, 0) is 27.1 Å². The van der Waals surface area contributed by atoms with E-state index in [1.165, 1.54) is 19.4 Å². The number of benzene rings is 2. The second-order valence-electron chi connectivity index (χ2n) is 11.5. The van der Waals surface area contributed by atoms with E-state index in [0.29, 0.717) is 43.4 Å². The van der Waals surface area contributed by atoms with E-state index < -0.39 is 6.10 Å². The lowest BCUT2D eigenvalue weighted by atomic mass is 9.92. The molecule has 2 aromatic carbocycles. The summed E-state index contributed by atoms with van der Waals surface area (Å²) in [6.07, 6.45) is 10.9. The molecule has 0 unspecified atom stereocenters. The molecule has 0 bridgehead atoms. The number of nitrogens with zero attached hydrogens (tertiary/aromatic N) is 1. The van der Waals surface area contributed by atoms with E-state index in [2.05, 4.69) is 4.98 Å². The minimum absolute atomic E-state index is 0.132. The number of carbonyl (C=O) groups excluding carboxylic acids is 1. The summed E-state index contributed by atoms with van der Waals surface area (Å²) in [7, 11) is 0. The van der Waals surface area contributed by atoms with Crippen molar-refractivity contribution in [2.24, 2.45) is 0 Å². The molecular formula is C34H41NO8. The molecule has 2 fully saturated rings. The zero-order chi connectivity index (χ0) is 30.2. The molecule has 43 heavy (non-hydrogen) atoms. The quantitative estimate of drug-likeness (QED) is 0.173. The van der Waals surface area contributed by atoms with Crippen LogP contribution in [0, 0.1) is 0 Å². The maximum atomic E-state index is 11.9. The van der Waals surface area contributed by atoms with Gasteiger partial charge in [-0.15, -0.1) is 0 Å². The fraction of sp³-hybridized carbons (Fsp3) is 0.471. The highest BCUT2D eigenvalue weighted by Crippen LogP contribution is 2.42. The number of phenolic OH excluding ortho intramolecular Hbond substituents is 3. The van der Waals surface area contributed by atoms with Crippen LogP contribution >= 0.6 is 0 Å². The van der Waals surface area contributed by atoms with Crippen molar-refractivity contribution in [2.45, 2.75) is 95.5 Å². The summed E-state index contributed by atoms with van der Waals surface area (Å²) in [5.41, 5.74) is 2.64. The average molecular weight is 592 g/mol. The number of aryl methyl sites for hydroxylation is 1. The average Bonchev–Trinajstić information content (AvgIpc) is 3.00. The molecule has 1 saturated carbocycles. The van der Waals surface area contributed by atoms with Gasteiger partial charge in [-0.1, -0.05) is 18.6 Å². The molecular weight excluding hydrogens is 550 g/mol. The molecule has 0 spiro atoms. The van der Waals surface area contributed by atoms with Crippen LogP contribution in [0.1, 0.15) is 81.1 Å². The molecule has 0 amide bonds. The van der Waals surface area contributed by atoms with Crippen molar-refractivity contribution in [1.29, 1.82) is 0 Å². The van der Waals surface area contributed by atoms with Gasteiger partial charge in [-0.2, -0.15) is 0 Å². The fourth-order valence-corrected chi connectivity index (χ4v) is 5.94. The number of pyridine rings is 1. The number of phenols is 3. The third-order valence-corrected chi connectivity index (χ3v) is 8.14. The smallest absolute Gasteiger partial charge is 0.302 e. The number of ether oxygens (including phenoxy) is 4. The van der Waals surface area contributed by atoms with Crippen molar-refractivity contribution < 1.29 is 39.1 Å². The Bertz CT molecular complexity index is 1360. The lowest BCUT2D eigenvalue weighted by molar-refractivity contribution is -0.160. The topological polar surface area (TPSA) is 128 Å². The molecule has 9 heteroatoms. The van der Waals surface area contributed by atoms with Gasteiger partial charge in [0.05, 0.1) is 24.9 Å². The lowest BCUT2D eigenvalue weighted by Crippen LogP contribution is -2.34. The van der Waals surface area contributed by atoms with Crippen molar-refractivity contribution in [3.63, 3.8) is 0 Å². The molecule has 2 heterocycles. The highest BCUT2D eigenvalue weighted by Gasteiger charge is 2.33. The van der Waals surface area contributed by atoms with Crippen LogP contribution in [0.4, 0.5) is 0 Å². The molecule has 1 aliphatic heterocycles. The van der Waals surface area contributed by atoms with Crippen molar-refractivity contribution >= 4 is 5.97 Å². The van der Waals surface area contributed by atoms with Crippen LogP contribution in [0.3, 0.4) is 0 Å². The molecule has 1 saturated heterocycles. The van der Waals surface area contributed by atoms with Gasteiger partial charge in [-0.05, 0) is 85.5 Å². The Morgan fingerprint density at radius 1 is 0.930 bits per heavy atom. The Balaban J connectivity index is 1.26. The van der Waals surface area contributed by atoms with Crippen molar-refractivity contribution in [1.82, 2.24) is 4.98 Å². The second-order valence-corrected chi connectivity index (χ2v) is 11.5. The molecule has 230 valence electrons. The van der Waals surface area contributed by atoms with Gasteiger partial charge in [0.25, 0.3) is 0 Å². The normalized spacial score (nSPS) is 20.8. The van der Waals surface area contributed by atoms with Gasteiger partial charge in [0.1, 0.15) is 6.10 Å². The van der Waals surface area contributed by atoms with E-state index >= 15 is 0 Å². The zero-order valence-electron chi connectivity index (χ0n) is 24.6. The number of hydrogen-bond donors (Lipinski definition) is 3. The van der Waals surface area contributed by atoms with Crippen molar-refractivity contribution in [2.75, 3.05) is 6.61 Å². The minimum atomic E-state index is -0.486. The number of aromatic nitrogens is 1. The molecule has 3 atom stereocenters. The zero-order valence-corrected chi connectivity index (χ0v) is 24.6. The second kappa shape index (κ2) is 14.5. The first-order valence-electron chi connectivity index (χ1n) is 15.2. The van der Waals surface area contributed by atoms with Crippen LogP contribution in [0.25, 0.3) is 0 Å². The first kappa shape index (κ1) is 30.5. The molecule has 5 rings (SSSR count). The Morgan fingerprint density at radius 3 is 2.53 bits per heavy atom. The number of aromatic hydroxyl groups is 3. The molecule has 3 aromatic rings. The van der Waals surface area contributed by atoms with Crippen molar-refractivity contribution in [3.8, 4) is 28.7 Å². The van der Waals surface area contributed by atoms with E-state index in [4.69, 9.17) is 18.9 Å². The number of esters is 1. The summed E-state index contributed by atoms with van der Waals surface area (Å²) in [5.74, 6) is -0.191. The largest absolute Gasteiger partial charge is 0.504 e. The van der Waals surface area contributed by atoms with Gasteiger partial charge in [-0.25, -0.2) is 0 Å². The number of rotatable bonds is 11. The highest BCUT2D eigenvalue weighted by molar-refractivity contribution is 5.66.